The van der Waals surface area contributed by atoms with Crippen molar-refractivity contribution < 1.29 is 9.18 Å². The average Bonchev–Trinajstić information content (AvgIpc) is 2.90. The van der Waals surface area contributed by atoms with Crippen LogP contribution in [0.15, 0.2) is 18.2 Å². The molecule has 2 fully saturated rings. The first-order valence-corrected chi connectivity index (χ1v) is 6.99. The van der Waals surface area contributed by atoms with E-state index in [9.17, 15) is 9.18 Å². The Hall–Kier alpha value is -0.650. The van der Waals surface area contributed by atoms with Crippen molar-refractivity contribution in [1.82, 2.24) is 4.90 Å². The Bertz CT molecular complexity index is 456. The number of carbonyl (C=O) groups excluding carboxylic acids is 1. The van der Waals surface area contributed by atoms with Crippen LogP contribution in [0, 0.1) is 15.3 Å². The molecule has 0 N–H and O–H groups in total. The van der Waals surface area contributed by atoms with Crippen molar-refractivity contribution in [2.24, 2.45) is 5.92 Å². The molecule has 90 valence electrons. The normalized spacial score (nSPS) is 26.6. The third kappa shape index (κ3) is 1.86. The van der Waals surface area contributed by atoms with Crippen LogP contribution in [0.5, 0.6) is 0 Å². The lowest BCUT2D eigenvalue weighted by atomic mass is 10.1. The van der Waals surface area contributed by atoms with Crippen molar-refractivity contribution in [2.45, 2.75) is 25.3 Å². The second-order valence-corrected chi connectivity index (χ2v) is 6.05. The average molecular weight is 345 g/mol. The van der Waals surface area contributed by atoms with E-state index < -0.39 is 5.82 Å². The maximum atomic E-state index is 13.7. The number of nitrogens with zero attached hydrogens (tertiary/aromatic N) is 1. The van der Waals surface area contributed by atoms with Crippen molar-refractivity contribution in [1.29, 1.82) is 0 Å². The molecule has 4 heteroatoms. The topological polar surface area (TPSA) is 20.3 Å². The minimum Gasteiger partial charge on any atom is -0.335 e. The lowest BCUT2D eigenvalue weighted by Gasteiger charge is -2.27. The maximum Gasteiger partial charge on any atom is 0.258 e. The van der Waals surface area contributed by atoms with Gasteiger partial charge in [-0.2, -0.15) is 0 Å². The summed E-state index contributed by atoms with van der Waals surface area (Å²) in [5.74, 6) is 0.123. The molecule has 0 spiro atoms. The van der Waals surface area contributed by atoms with Crippen LogP contribution in [0.3, 0.4) is 0 Å². The van der Waals surface area contributed by atoms with E-state index >= 15 is 0 Å². The number of hydrogen-bond acceptors (Lipinski definition) is 1. The van der Waals surface area contributed by atoms with Crippen LogP contribution in [0.2, 0.25) is 0 Å². The molecular weight excluding hydrogens is 332 g/mol. The third-order valence-corrected chi connectivity index (χ3v) is 4.75. The molecule has 2 aliphatic rings. The number of hydrogen-bond donors (Lipinski definition) is 0. The van der Waals surface area contributed by atoms with Gasteiger partial charge in [-0.1, -0.05) is 6.07 Å². The summed E-state index contributed by atoms with van der Waals surface area (Å²) in [7, 11) is 0. The summed E-state index contributed by atoms with van der Waals surface area (Å²) in [5.41, 5.74) is 0.251. The van der Waals surface area contributed by atoms with Crippen molar-refractivity contribution in [3.05, 3.63) is 33.1 Å². The van der Waals surface area contributed by atoms with E-state index in [4.69, 9.17) is 0 Å². The summed E-state index contributed by atoms with van der Waals surface area (Å²) in [5, 5.41) is 0. The molecule has 1 heterocycles. The lowest BCUT2D eigenvalue weighted by molar-refractivity contribution is 0.0697. The zero-order chi connectivity index (χ0) is 12.0. The van der Waals surface area contributed by atoms with E-state index in [1.54, 1.807) is 12.1 Å². The van der Waals surface area contributed by atoms with Gasteiger partial charge in [-0.05, 0) is 59.9 Å². The van der Waals surface area contributed by atoms with E-state index in [0.29, 0.717) is 15.5 Å². The zero-order valence-electron chi connectivity index (χ0n) is 9.33. The lowest BCUT2D eigenvalue weighted by Crippen LogP contribution is -2.38. The summed E-state index contributed by atoms with van der Waals surface area (Å²) in [6.07, 6.45) is 3.42. The number of halogens is 2. The molecule has 1 saturated heterocycles. The van der Waals surface area contributed by atoms with Gasteiger partial charge in [0, 0.05) is 16.2 Å². The maximum absolute atomic E-state index is 13.7. The van der Waals surface area contributed by atoms with E-state index in [1.807, 2.05) is 27.5 Å². The van der Waals surface area contributed by atoms with Crippen LogP contribution in [0.1, 0.15) is 29.6 Å². The van der Waals surface area contributed by atoms with Gasteiger partial charge in [0.2, 0.25) is 0 Å². The number of fused-ring (bicyclic) bond motifs is 2. The Morgan fingerprint density at radius 3 is 2.82 bits per heavy atom. The molecule has 2 nitrogen and oxygen atoms in total. The predicted molar refractivity (Wildman–Crippen MR) is 71.3 cm³/mol. The fraction of sp³-hybridized carbons (Fsp3) is 0.462. The molecule has 0 aromatic heterocycles. The van der Waals surface area contributed by atoms with Gasteiger partial charge in [0.15, 0.2) is 0 Å². The SMILES string of the molecule is O=C(c1c(F)cccc1I)N1CC2CCC1C2. The minimum absolute atomic E-state index is 0.125. The summed E-state index contributed by atoms with van der Waals surface area (Å²) in [4.78, 5) is 14.2. The summed E-state index contributed by atoms with van der Waals surface area (Å²) in [6.45, 7) is 0.813. The highest BCUT2D eigenvalue weighted by Gasteiger charge is 2.41. The minimum atomic E-state index is -0.398. The van der Waals surface area contributed by atoms with Gasteiger partial charge in [0.1, 0.15) is 5.82 Å². The number of benzene rings is 1. The number of rotatable bonds is 1. The molecule has 2 atom stereocenters. The monoisotopic (exact) mass is 345 g/mol. The molecule has 1 aliphatic carbocycles. The number of carbonyl (C=O) groups is 1. The van der Waals surface area contributed by atoms with E-state index in [0.717, 1.165) is 19.4 Å². The standard InChI is InChI=1S/C13H13FINO/c14-10-2-1-3-11(15)12(10)13(17)16-7-8-4-5-9(16)6-8/h1-3,8-9H,4-7H2. The highest BCUT2D eigenvalue weighted by atomic mass is 127. The van der Waals surface area contributed by atoms with Gasteiger partial charge < -0.3 is 4.90 Å². The van der Waals surface area contributed by atoms with Gasteiger partial charge in [-0.15, -0.1) is 0 Å². The third-order valence-electron chi connectivity index (χ3n) is 3.85. The number of amides is 1. The largest absolute Gasteiger partial charge is 0.335 e. The van der Waals surface area contributed by atoms with Crippen molar-refractivity contribution >= 4 is 28.5 Å². The Morgan fingerprint density at radius 1 is 1.41 bits per heavy atom. The molecule has 2 unspecified atom stereocenters. The molecule has 1 aliphatic heterocycles. The molecular formula is C13H13FINO. The van der Waals surface area contributed by atoms with Gasteiger partial charge in [0.05, 0.1) is 5.56 Å². The predicted octanol–water partition coefficient (Wildman–Crippen LogP) is 3.05. The van der Waals surface area contributed by atoms with Gasteiger partial charge >= 0.3 is 0 Å². The Balaban J connectivity index is 1.92. The summed E-state index contributed by atoms with van der Waals surface area (Å²) >= 11 is 2.03. The Morgan fingerprint density at radius 2 is 2.24 bits per heavy atom. The highest BCUT2D eigenvalue weighted by Crippen LogP contribution is 2.38. The second kappa shape index (κ2) is 4.23. The number of piperidine rings is 1. The molecule has 0 radical (unpaired) electrons. The Kier molecular flexibility index (Phi) is 2.84. The van der Waals surface area contributed by atoms with E-state index in [2.05, 4.69) is 0 Å². The first-order valence-electron chi connectivity index (χ1n) is 5.92. The first kappa shape index (κ1) is 11.4. The molecule has 1 aromatic rings. The van der Waals surface area contributed by atoms with E-state index in [1.165, 1.54) is 12.5 Å². The molecule has 1 saturated carbocycles. The smallest absolute Gasteiger partial charge is 0.258 e. The van der Waals surface area contributed by atoms with Gasteiger partial charge in [-0.25, -0.2) is 4.39 Å². The van der Waals surface area contributed by atoms with Crippen LogP contribution in [-0.2, 0) is 0 Å². The Labute approximate surface area is 113 Å². The molecule has 17 heavy (non-hydrogen) atoms. The van der Waals surface area contributed by atoms with Crippen molar-refractivity contribution in [2.75, 3.05) is 6.54 Å². The van der Waals surface area contributed by atoms with Crippen LogP contribution in [-0.4, -0.2) is 23.4 Å². The van der Waals surface area contributed by atoms with Gasteiger partial charge in [0.25, 0.3) is 5.91 Å². The van der Waals surface area contributed by atoms with Crippen LogP contribution in [0.4, 0.5) is 4.39 Å². The first-order chi connectivity index (χ1) is 8.16. The van der Waals surface area contributed by atoms with Crippen LogP contribution in [0.25, 0.3) is 0 Å². The second-order valence-electron chi connectivity index (χ2n) is 4.89. The summed E-state index contributed by atoms with van der Waals surface area (Å²) < 4.78 is 14.4. The fourth-order valence-electron chi connectivity index (χ4n) is 3.02. The van der Waals surface area contributed by atoms with Crippen molar-refractivity contribution in [3.63, 3.8) is 0 Å². The number of likely N-dealkylation sites (tertiary alicyclic amines) is 1. The molecule has 3 rings (SSSR count). The summed E-state index contributed by atoms with van der Waals surface area (Å²) in [6, 6.07) is 5.14. The van der Waals surface area contributed by atoms with E-state index in [-0.39, 0.29) is 11.5 Å². The van der Waals surface area contributed by atoms with Gasteiger partial charge in [-0.3, -0.25) is 4.79 Å². The zero-order valence-corrected chi connectivity index (χ0v) is 11.5. The molecule has 1 amide bonds. The molecule has 1 aromatic carbocycles. The fourth-order valence-corrected chi connectivity index (χ4v) is 3.72. The van der Waals surface area contributed by atoms with Crippen LogP contribution >= 0.6 is 22.6 Å². The quantitative estimate of drug-likeness (QED) is 0.717. The molecule has 2 bridgehead atoms. The highest BCUT2D eigenvalue weighted by molar-refractivity contribution is 14.1. The van der Waals surface area contributed by atoms with Crippen molar-refractivity contribution in [3.8, 4) is 0 Å². The van der Waals surface area contributed by atoms with Crippen LogP contribution < -0.4 is 0 Å².